The largest absolute Gasteiger partial charge is 0.494 e. The van der Waals surface area contributed by atoms with Crippen LogP contribution in [0.5, 0.6) is 17.2 Å². The second-order valence-corrected chi connectivity index (χ2v) is 7.00. The van der Waals surface area contributed by atoms with E-state index in [2.05, 4.69) is 11.4 Å². The number of methoxy groups -OCH3 is 2. The van der Waals surface area contributed by atoms with Crippen molar-refractivity contribution in [2.24, 2.45) is 5.92 Å². The third-order valence-corrected chi connectivity index (χ3v) is 4.73. The van der Waals surface area contributed by atoms with E-state index in [1.807, 2.05) is 58.0 Å². The van der Waals surface area contributed by atoms with Gasteiger partial charge in [-0.25, -0.2) is 0 Å². The number of hydrogen-bond acceptors (Lipinski definition) is 4. The molecule has 0 aliphatic rings. The van der Waals surface area contributed by atoms with Crippen LogP contribution in [-0.4, -0.2) is 26.7 Å². The molecule has 2 atom stereocenters. The fourth-order valence-corrected chi connectivity index (χ4v) is 3.18. The van der Waals surface area contributed by atoms with Gasteiger partial charge in [0, 0.05) is 11.5 Å². The molecule has 0 saturated heterocycles. The minimum atomic E-state index is -0.180. The first-order valence-electron chi connectivity index (χ1n) is 9.64. The third kappa shape index (κ3) is 5.41. The molecule has 0 saturated carbocycles. The van der Waals surface area contributed by atoms with Crippen molar-refractivity contribution in [2.75, 3.05) is 20.8 Å². The molecule has 0 radical (unpaired) electrons. The Morgan fingerprint density at radius 2 is 1.68 bits per heavy atom. The smallest absolute Gasteiger partial charge is 0.223 e. The maximum atomic E-state index is 12.8. The molecule has 5 heteroatoms. The van der Waals surface area contributed by atoms with Gasteiger partial charge in [-0.2, -0.15) is 0 Å². The minimum Gasteiger partial charge on any atom is -0.494 e. The van der Waals surface area contributed by atoms with E-state index in [-0.39, 0.29) is 17.9 Å². The molecule has 152 valence electrons. The summed E-state index contributed by atoms with van der Waals surface area (Å²) < 4.78 is 16.3. The monoisotopic (exact) mass is 385 g/mol. The zero-order valence-corrected chi connectivity index (χ0v) is 17.7. The highest BCUT2D eigenvalue weighted by Gasteiger charge is 2.19. The molecule has 5 nitrogen and oxygen atoms in total. The predicted molar refractivity (Wildman–Crippen MR) is 111 cm³/mol. The fourth-order valence-electron chi connectivity index (χ4n) is 3.18. The standard InChI is InChI=1S/C23H31NO4/c1-7-28-20-10-8-15(2)12-19(20)17(4)24-23(25)16(3)13-18-9-11-21(26-5)22(14-18)27-6/h8-12,14,16-17H,7,13H2,1-6H3,(H,24,25). The summed E-state index contributed by atoms with van der Waals surface area (Å²) in [6.07, 6.45) is 0.616. The number of nitrogens with one attached hydrogen (secondary N) is 1. The molecule has 0 heterocycles. The van der Waals surface area contributed by atoms with E-state index in [1.54, 1.807) is 14.2 Å². The van der Waals surface area contributed by atoms with E-state index < -0.39 is 0 Å². The summed E-state index contributed by atoms with van der Waals surface area (Å²) in [5, 5.41) is 3.12. The van der Waals surface area contributed by atoms with Crippen molar-refractivity contribution in [1.29, 1.82) is 0 Å². The normalized spacial score (nSPS) is 12.8. The van der Waals surface area contributed by atoms with E-state index in [0.29, 0.717) is 24.5 Å². The number of carbonyl (C=O) groups excluding carboxylic acids is 1. The number of aryl methyl sites for hydroxylation is 1. The zero-order chi connectivity index (χ0) is 20.7. The molecule has 0 aliphatic heterocycles. The summed E-state index contributed by atoms with van der Waals surface area (Å²) >= 11 is 0. The summed E-state index contributed by atoms with van der Waals surface area (Å²) in [6, 6.07) is 11.6. The predicted octanol–water partition coefficient (Wildman–Crippen LogP) is 4.47. The molecule has 2 aromatic carbocycles. The molecule has 0 aliphatic carbocycles. The van der Waals surface area contributed by atoms with Crippen LogP contribution < -0.4 is 19.5 Å². The molecule has 2 rings (SSSR count). The van der Waals surface area contributed by atoms with Crippen LogP contribution in [0.4, 0.5) is 0 Å². The lowest BCUT2D eigenvalue weighted by Gasteiger charge is -2.21. The zero-order valence-electron chi connectivity index (χ0n) is 17.7. The number of hydrogen-bond donors (Lipinski definition) is 1. The first kappa shape index (κ1) is 21.6. The SMILES string of the molecule is CCOc1ccc(C)cc1C(C)NC(=O)C(C)Cc1ccc(OC)c(OC)c1. The van der Waals surface area contributed by atoms with Gasteiger partial charge in [0.2, 0.25) is 5.91 Å². The molecule has 2 unspecified atom stereocenters. The number of carbonyl (C=O) groups is 1. The van der Waals surface area contributed by atoms with E-state index >= 15 is 0 Å². The summed E-state index contributed by atoms with van der Waals surface area (Å²) in [7, 11) is 3.22. The molecule has 2 aromatic rings. The van der Waals surface area contributed by atoms with E-state index in [4.69, 9.17) is 14.2 Å². The van der Waals surface area contributed by atoms with Gasteiger partial charge >= 0.3 is 0 Å². The van der Waals surface area contributed by atoms with Crippen LogP contribution in [-0.2, 0) is 11.2 Å². The Balaban J connectivity index is 2.07. The van der Waals surface area contributed by atoms with Gasteiger partial charge in [0.15, 0.2) is 11.5 Å². The Morgan fingerprint density at radius 1 is 1.00 bits per heavy atom. The average Bonchev–Trinajstić information content (AvgIpc) is 2.69. The topological polar surface area (TPSA) is 56.8 Å². The molecular formula is C23H31NO4. The van der Waals surface area contributed by atoms with Gasteiger partial charge < -0.3 is 19.5 Å². The Morgan fingerprint density at radius 3 is 2.32 bits per heavy atom. The van der Waals surface area contributed by atoms with Gasteiger partial charge in [-0.1, -0.05) is 30.7 Å². The maximum Gasteiger partial charge on any atom is 0.223 e. The molecule has 28 heavy (non-hydrogen) atoms. The van der Waals surface area contributed by atoms with Crippen LogP contribution in [0.2, 0.25) is 0 Å². The summed E-state index contributed by atoms with van der Waals surface area (Å²) in [5.41, 5.74) is 3.16. The third-order valence-electron chi connectivity index (χ3n) is 4.73. The Bertz CT molecular complexity index is 803. The van der Waals surface area contributed by atoms with Gasteiger partial charge in [0.05, 0.1) is 26.9 Å². The van der Waals surface area contributed by atoms with E-state index in [1.165, 1.54) is 0 Å². The summed E-state index contributed by atoms with van der Waals surface area (Å²) in [4.78, 5) is 12.8. The van der Waals surface area contributed by atoms with Gasteiger partial charge in [0.1, 0.15) is 5.75 Å². The van der Waals surface area contributed by atoms with E-state index in [9.17, 15) is 4.79 Å². The molecular weight excluding hydrogens is 354 g/mol. The Kier molecular flexibility index (Phi) is 7.73. The Hall–Kier alpha value is -2.69. The van der Waals surface area contributed by atoms with Crippen LogP contribution in [0.25, 0.3) is 0 Å². The van der Waals surface area contributed by atoms with Crippen LogP contribution in [0.1, 0.15) is 43.5 Å². The first-order chi connectivity index (χ1) is 13.4. The molecule has 1 N–H and O–H groups in total. The first-order valence-corrected chi connectivity index (χ1v) is 9.64. The number of rotatable bonds is 9. The van der Waals surface area contributed by atoms with Crippen molar-refractivity contribution >= 4 is 5.91 Å². The number of benzene rings is 2. The van der Waals surface area contributed by atoms with Crippen molar-refractivity contribution in [1.82, 2.24) is 5.32 Å². The lowest BCUT2D eigenvalue weighted by Crippen LogP contribution is -2.32. The van der Waals surface area contributed by atoms with Gasteiger partial charge in [-0.3, -0.25) is 4.79 Å². The van der Waals surface area contributed by atoms with Crippen LogP contribution in [0.15, 0.2) is 36.4 Å². The average molecular weight is 386 g/mol. The molecule has 1 amide bonds. The van der Waals surface area contributed by atoms with Crippen molar-refractivity contribution in [2.45, 2.75) is 40.2 Å². The summed E-state index contributed by atoms with van der Waals surface area (Å²) in [5.74, 6) is 1.99. The van der Waals surface area contributed by atoms with Gasteiger partial charge in [0.25, 0.3) is 0 Å². The van der Waals surface area contributed by atoms with E-state index in [0.717, 1.165) is 22.4 Å². The Labute approximate surface area is 168 Å². The highest BCUT2D eigenvalue weighted by atomic mass is 16.5. The van der Waals surface area contributed by atoms with Crippen molar-refractivity contribution in [3.63, 3.8) is 0 Å². The van der Waals surface area contributed by atoms with Crippen molar-refractivity contribution in [3.05, 3.63) is 53.1 Å². The maximum absolute atomic E-state index is 12.8. The fraction of sp³-hybridized carbons (Fsp3) is 0.435. The highest BCUT2D eigenvalue weighted by molar-refractivity contribution is 5.79. The minimum absolute atomic E-state index is 0.00578. The molecule has 0 fully saturated rings. The lowest BCUT2D eigenvalue weighted by atomic mass is 9.98. The molecule has 0 aromatic heterocycles. The highest BCUT2D eigenvalue weighted by Crippen LogP contribution is 2.29. The van der Waals surface area contributed by atoms with Crippen LogP contribution >= 0.6 is 0 Å². The van der Waals surface area contributed by atoms with Crippen LogP contribution in [0, 0.1) is 12.8 Å². The number of ether oxygens (including phenoxy) is 3. The molecule has 0 spiro atoms. The van der Waals surface area contributed by atoms with Gasteiger partial charge in [-0.15, -0.1) is 0 Å². The second-order valence-electron chi connectivity index (χ2n) is 7.00. The van der Waals surface area contributed by atoms with Crippen molar-refractivity contribution < 1.29 is 19.0 Å². The van der Waals surface area contributed by atoms with Gasteiger partial charge in [-0.05, 0) is 51.0 Å². The molecule has 0 bridgehead atoms. The second kappa shape index (κ2) is 10.0. The summed E-state index contributed by atoms with van der Waals surface area (Å²) in [6.45, 7) is 8.49. The van der Waals surface area contributed by atoms with Crippen molar-refractivity contribution in [3.8, 4) is 17.2 Å². The van der Waals surface area contributed by atoms with Crippen LogP contribution in [0.3, 0.4) is 0 Å². The number of amides is 1. The lowest BCUT2D eigenvalue weighted by molar-refractivity contribution is -0.125. The quantitative estimate of drug-likeness (QED) is 0.692.